The van der Waals surface area contributed by atoms with Gasteiger partial charge in [0.25, 0.3) is 0 Å². The van der Waals surface area contributed by atoms with E-state index in [9.17, 15) is 9.59 Å². The topological polar surface area (TPSA) is 81.8 Å². The first-order chi connectivity index (χ1) is 12.5. The molecule has 0 bridgehead atoms. The van der Waals surface area contributed by atoms with Gasteiger partial charge in [-0.05, 0) is 37.5 Å². The fraction of sp³-hybridized carbons (Fsp3) is 0.550. The lowest BCUT2D eigenvalue weighted by Crippen LogP contribution is -2.61. The van der Waals surface area contributed by atoms with Gasteiger partial charge in [-0.3, -0.25) is 9.79 Å². The lowest BCUT2D eigenvalue weighted by atomic mass is 9.58. The molecule has 140 valence electrons. The molecule has 1 aromatic carbocycles. The van der Waals surface area contributed by atoms with Crippen LogP contribution in [0, 0.1) is 5.41 Å². The highest BCUT2D eigenvalue weighted by atomic mass is 79.9. The maximum atomic E-state index is 12.6. The number of hydrogen-bond donors (Lipinski definition) is 1. The first kappa shape index (κ1) is 19.1. The van der Waals surface area contributed by atoms with Crippen LogP contribution in [0.25, 0.3) is 0 Å². The lowest BCUT2D eigenvalue weighted by molar-refractivity contribution is -0.144. The van der Waals surface area contributed by atoms with Gasteiger partial charge in [-0.2, -0.15) is 0 Å². The number of Topliss-reactive ketones (excluding diaryl/α,β-unsaturated/α-hetero) is 1. The summed E-state index contributed by atoms with van der Waals surface area (Å²) >= 11 is 3.47. The van der Waals surface area contributed by atoms with Crippen molar-refractivity contribution >= 4 is 39.1 Å². The zero-order valence-corrected chi connectivity index (χ0v) is 16.6. The highest BCUT2D eigenvalue weighted by Gasteiger charge is 2.58. The number of esters is 1. The Kier molecular flexibility index (Phi) is 5.80. The van der Waals surface area contributed by atoms with Crippen molar-refractivity contribution in [1.82, 2.24) is 0 Å². The number of carbonyl (C=O) groups excluding carboxylic acids is 2. The van der Waals surface area contributed by atoms with E-state index < -0.39 is 11.5 Å². The third-order valence-electron chi connectivity index (χ3n) is 5.40. The molecule has 0 aliphatic heterocycles. The van der Waals surface area contributed by atoms with Crippen molar-refractivity contribution in [2.24, 2.45) is 10.4 Å². The number of aliphatic imine (C=N–C) groups is 1. The van der Waals surface area contributed by atoms with Crippen LogP contribution >= 0.6 is 15.9 Å². The summed E-state index contributed by atoms with van der Waals surface area (Å²) in [6.07, 6.45) is 5.34. The summed E-state index contributed by atoms with van der Waals surface area (Å²) in [5, 5.41) is 0. The average molecular weight is 421 g/mol. The predicted molar refractivity (Wildman–Crippen MR) is 106 cm³/mol. The molecule has 0 heterocycles. The highest BCUT2D eigenvalue weighted by Crippen LogP contribution is 2.49. The fourth-order valence-corrected chi connectivity index (χ4v) is 4.96. The second kappa shape index (κ2) is 7.91. The van der Waals surface area contributed by atoms with Crippen molar-refractivity contribution in [3.05, 3.63) is 29.8 Å². The Morgan fingerprint density at radius 3 is 2.58 bits per heavy atom. The van der Waals surface area contributed by atoms with E-state index in [4.69, 9.17) is 15.5 Å². The maximum absolute atomic E-state index is 12.6. The number of ether oxygens (including phenoxy) is 1. The van der Waals surface area contributed by atoms with E-state index in [1.807, 2.05) is 24.3 Å². The molecule has 0 saturated heterocycles. The SMILES string of the molecule is CCOC(=O)[C@H](Cc1ccc(N)cc1)N=C1C(Br)C(=O)C12CCCCC2. The number of nitrogen functional groups attached to an aromatic ring is 1. The molecule has 1 aromatic rings. The van der Waals surface area contributed by atoms with Crippen LogP contribution in [-0.2, 0) is 20.7 Å². The molecule has 2 aliphatic carbocycles. The van der Waals surface area contributed by atoms with Crippen LogP contribution in [0.4, 0.5) is 5.69 Å². The van der Waals surface area contributed by atoms with E-state index in [-0.39, 0.29) is 16.6 Å². The number of nitrogens with zero attached hydrogens (tertiary/aromatic N) is 1. The average Bonchev–Trinajstić information content (AvgIpc) is 2.66. The Hall–Kier alpha value is -1.69. The highest BCUT2D eigenvalue weighted by molar-refractivity contribution is 9.10. The minimum absolute atomic E-state index is 0.214. The van der Waals surface area contributed by atoms with Gasteiger partial charge in [-0.15, -0.1) is 0 Å². The Balaban J connectivity index is 1.88. The van der Waals surface area contributed by atoms with Crippen molar-refractivity contribution in [3.8, 4) is 0 Å². The van der Waals surface area contributed by atoms with E-state index in [1.165, 1.54) is 0 Å². The third-order valence-corrected chi connectivity index (χ3v) is 6.25. The number of nitrogens with two attached hydrogens (primary N) is 1. The van der Waals surface area contributed by atoms with Crippen LogP contribution in [0.2, 0.25) is 0 Å². The fourth-order valence-electron chi connectivity index (χ4n) is 3.97. The summed E-state index contributed by atoms with van der Waals surface area (Å²) in [6, 6.07) is 6.78. The van der Waals surface area contributed by atoms with Crippen molar-refractivity contribution in [2.45, 2.75) is 56.3 Å². The molecule has 1 spiro atoms. The van der Waals surface area contributed by atoms with E-state index in [0.717, 1.165) is 43.4 Å². The first-order valence-corrected chi connectivity index (χ1v) is 10.2. The van der Waals surface area contributed by atoms with Gasteiger partial charge < -0.3 is 10.5 Å². The van der Waals surface area contributed by atoms with Gasteiger partial charge >= 0.3 is 5.97 Å². The largest absolute Gasteiger partial charge is 0.464 e. The monoisotopic (exact) mass is 420 g/mol. The second-order valence-electron chi connectivity index (χ2n) is 7.10. The Morgan fingerprint density at radius 1 is 1.31 bits per heavy atom. The summed E-state index contributed by atoms with van der Waals surface area (Å²) in [7, 11) is 0. The molecule has 2 aliphatic rings. The predicted octanol–water partition coefficient (Wildman–Crippen LogP) is 3.48. The number of rotatable bonds is 5. The number of anilines is 1. The molecule has 2 atom stereocenters. The minimum atomic E-state index is -0.638. The zero-order chi connectivity index (χ0) is 18.7. The number of halogens is 1. The molecular formula is C20H25BrN2O3. The molecule has 0 radical (unpaired) electrons. The molecular weight excluding hydrogens is 396 g/mol. The van der Waals surface area contributed by atoms with E-state index in [0.29, 0.717) is 18.7 Å². The molecule has 1 unspecified atom stereocenters. The lowest BCUT2D eigenvalue weighted by Gasteiger charge is -2.47. The molecule has 2 N–H and O–H groups in total. The van der Waals surface area contributed by atoms with Gasteiger partial charge in [0.15, 0.2) is 11.8 Å². The van der Waals surface area contributed by atoms with Crippen LogP contribution in [-0.4, -0.2) is 34.9 Å². The Bertz CT molecular complexity index is 708. The van der Waals surface area contributed by atoms with E-state index >= 15 is 0 Å². The number of alkyl halides is 1. The molecule has 5 nitrogen and oxygen atoms in total. The van der Waals surface area contributed by atoms with Crippen LogP contribution in [0.5, 0.6) is 0 Å². The number of ketones is 1. The Labute approximate surface area is 162 Å². The van der Waals surface area contributed by atoms with Gasteiger partial charge in [0.2, 0.25) is 0 Å². The quantitative estimate of drug-likeness (QED) is 0.448. The number of hydrogen-bond acceptors (Lipinski definition) is 5. The molecule has 26 heavy (non-hydrogen) atoms. The zero-order valence-electron chi connectivity index (χ0n) is 15.0. The summed E-state index contributed by atoms with van der Waals surface area (Å²) < 4.78 is 5.24. The normalized spacial score (nSPS) is 24.3. The minimum Gasteiger partial charge on any atom is -0.464 e. The molecule has 0 aromatic heterocycles. The molecule has 2 fully saturated rings. The van der Waals surface area contributed by atoms with Crippen LogP contribution in [0.1, 0.15) is 44.6 Å². The molecule has 3 rings (SSSR count). The molecule has 0 amide bonds. The third kappa shape index (κ3) is 3.56. The molecule has 6 heteroatoms. The smallest absolute Gasteiger partial charge is 0.331 e. The van der Waals surface area contributed by atoms with Crippen LogP contribution in [0.15, 0.2) is 29.3 Å². The summed E-state index contributed by atoms with van der Waals surface area (Å²) in [4.78, 5) is 29.5. The van der Waals surface area contributed by atoms with E-state index in [2.05, 4.69) is 15.9 Å². The summed E-state index contributed by atoms with van der Waals surface area (Å²) in [6.45, 7) is 2.10. The first-order valence-electron chi connectivity index (χ1n) is 9.25. The molecule has 2 saturated carbocycles. The summed E-state index contributed by atoms with van der Waals surface area (Å²) in [5.74, 6) is -0.132. The van der Waals surface area contributed by atoms with Gasteiger partial charge in [0.05, 0.1) is 12.0 Å². The van der Waals surface area contributed by atoms with E-state index in [1.54, 1.807) is 6.92 Å². The van der Waals surface area contributed by atoms with Crippen molar-refractivity contribution in [1.29, 1.82) is 0 Å². The van der Waals surface area contributed by atoms with Crippen molar-refractivity contribution in [2.75, 3.05) is 12.3 Å². The standard InChI is InChI=1S/C20H25BrN2O3/c1-2-26-19(25)15(12-13-6-8-14(22)9-7-13)23-17-16(21)18(24)20(17)10-4-3-5-11-20/h6-9,15-16H,2-5,10-12,22H2,1H3/t15-,16?/m0/s1. The van der Waals surface area contributed by atoms with Gasteiger partial charge in [-0.1, -0.05) is 47.3 Å². The van der Waals surface area contributed by atoms with Crippen LogP contribution < -0.4 is 5.73 Å². The van der Waals surface area contributed by atoms with Gasteiger partial charge in [0, 0.05) is 17.8 Å². The van der Waals surface area contributed by atoms with Crippen LogP contribution in [0.3, 0.4) is 0 Å². The van der Waals surface area contributed by atoms with Crippen molar-refractivity contribution in [3.63, 3.8) is 0 Å². The number of carbonyl (C=O) groups is 2. The van der Waals surface area contributed by atoms with Gasteiger partial charge in [-0.25, -0.2) is 4.79 Å². The summed E-state index contributed by atoms with van der Waals surface area (Å²) in [5.41, 5.74) is 7.76. The maximum Gasteiger partial charge on any atom is 0.331 e. The van der Waals surface area contributed by atoms with Gasteiger partial charge in [0.1, 0.15) is 4.83 Å². The van der Waals surface area contributed by atoms with Crippen molar-refractivity contribution < 1.29 is 14.3 Å². The Morgan fingerprint density at radius 2 is 1.96 bits per heavy atom. The number of benzene rings is 1. The second-order valence-corrected chi connectivity index (χ2v) is 8.01.